The molecule has 3 rings (SSSR count). The Morgan fingerprint density at radius 1 is 1.15 bits per heavy atom. The fourth-order valence-corrected chi connectivity index (χ4v) is 2.78. The maximum absolute atomic E-state index is 9.08. The number of aromatic nitrogens is 2. The molecule has 3 aromatic rings. The van der Waals surface area contributed by atoms with Crippen LogP contribution in [0, 0.1) is 0 Å². The maximum atomic E-state index is 9.08. The Hall–Kier alpha value is -1.16. The van der Waals surface area contributed by atoms with Crippen molar-refractivity contribution in [1.82, 2.24) is 9.97 Å². The lowest BCUT2D eigenvalue weighted by Crippen LogP contribution is -1.88. The van der Waals surface area contributed by atoms with Gasteiger partial charge >= 0.3 is 0 Å². The van der Waals surface area contributed by atoms with Gasteiger partial charge in [0.05, 0.1) is 31.2 Å². The molecule has 0 fully saturated rings. The highest BCUT2D eigenvalue weighted by atomic mass is 35.5. The van der Waals surface area contributed by atoms with Crippen molar-refractivity contribution < 1.29 is 17.7 Å². The summed E-state index contributed by atoms with van der Waals surface area (Å²) < 4.78 is 33.0. The van der Waals surface area contributed by atoms with Crippen LogP contribution in [0.25, 0.3) is 11.0 Å². The molecule has 0 aliphatic heterocycles. The number of imidazole rings is 1. The lowest BCUT2D eigenvalue weighted by atomic mass is 10.3. The predicted octanol–water partition coefficient (Wildman–Crippen LogP) is 5.20. The van der Waals surface area contributed by atoms with Crippen molar-refractivity contribution >= 4 is 67.7 Å². The number of hydrogen-bond acceptors (Lipinski definition) is 6. The van der Waals surface area contributed by atoms with E-state index in [0.29, 0.717) is 32.8 Å². The molecule has 1 heterocycles. The molecule has 1 aromatic heterocycles. The second kappa shape index (κ2) is 8.69. The summed E-state index contributed by atoms with van der Waals surface area (Å²) in [5.74, 6) is 0.929. The summed E-state index contributed by atoms with van der Waals surface area (Å²) in [6.45, 7) is 0. The van der Waals surface area contributed by atoms with Gasteiger partial charge in [0.25, 0.3) is 0 Å². The Labute approximate surface area is 169 Å². The van der Waals surface area contributed by atoms with E-state index in [1.807, 2.05) is 6.26 Å². The normalized spacial score (nSPS) is 11.2. The first-order chi connectivity index (χ1) is 12.1. The van der Waals surface area contributed by atoms with Gasteiger partial charge in [0.2, 0.25) is 0 Å². The van der Waals surface area contributed by atoms with Gasteiger partial charge in [0.1, 0.15) is 16.5 Å². The molecule has 26 heavy (non-hydrogen) atoms. The van der Waals surface area contributed by atoms with Crippen LogP contribution in [0.4, 0.5) is 0 Å². The number of benzene rings is 2. The monoisotopic (exact) mass is 453 g/mol. The first kappa shape index (κ1) is 21.1. The molecule has 0 bridgehead atoms. The molecule has 0 radical (unpaired) electrons. The van der Waals surface area contributed by atoms with Gasteiger partial charge in [-0.25, -0.2) is 13.4 Å². The van der Waals surface area contributed by atoms with Gasteiger partial charge in [-0.15, -0.1) is 0 Å². The summed E-state index contributed by atoms with van der Waals surface area (Å²) in [5, 5.41) is 2.06. The van der Waals surface area contributed by atoms with Crippen LogP contribution >= 0.6 is 46.6 Å². The molecule has 0 aliphatic carbocycles. The fourth-order valence-electron chi connectivity index (χ4n) is 1.84. The van der Waals surface area contributed by atoms with Crippen molar-refractivity contribution in [2.24, 2.45) is 0 Å². The molecule has 0 saturated heterocycles. The van der Waals surface area contributed by atoms with Crippen LogP contribution in [0.15, 0.2) is 35.5 Å². The molecule has 0 spiro atoms. The van der Waals surface area contributed by atoms with Crippen LogP contribution < -0.4 is 4.74 Å². The minimum absolute atomic E-state index is 0.349. The lowest BCUT2D eigenvalue weighted by molar-refractivity contribution is 0.470. The van der Waals surface area contributed by atoms with E-state index in [1.54, 1.807) is 30.3 Å². The molecule has 0 aliphatic rings. The molecule has 140 valence electrons. The average molecular weight is 455 g/mol. The van der Waals surface area contributed by atoms with Gasteiger partial charge in [-0.2, -0.15) is 0 Å². The third-order valence-corrected chi connectivity index (χ3v) is 4.52. The van der Waals surface area contributed by atoms with E-state index < -0.39 is 10.1 Å². The second-order valence-corrected chi connectivity index (χ2v) is 8.30. The number of ether oxygens (including phenoxy) is 1. The van der Waals surface area contributed by atoms with Crippen LogP contribution in [0.2, 0.25) is 15.1 Å². The predicted molar refractivity (Wildman–Crippen MR) is 105 cm³/mol. The largest absolute Gasteiger partial charge is 0.748 e. The van der Waals surface area contributed by atoms with Crippen LogP contribution in [0.1, 0.15) is 0 Å². The molecule has 0 unspecified atom stereocenters. The Morgan fingerprint density at radius 3 is 2.42 bits per heavy atom. The zero-order valence-corrected chi connectivity index (χ0v) is 17.3. The van der Waals surface area contributed by atoms with Crippen molar-refractivity contribution in [3.63, 3.8) is 0 Å². The zero-order chi connectivity index (χ0) is 19.5. The van der Waals surface area contributed by atoms with Crippen molar-refractivity contribution in [2.75, 3.05) is 12.5 Å². The molecule has 0 saturated carbocycles. The van der Waals surface area contributed by atoms with Gasteiger partial charge in [-0.3, -0.25) is 0 Å². The lowest BCUT2D eigenvalue weighted by Gasteiger charge is -2.09. The molecule has 11 heteroatoms. The van der Waals surface area contributed by atoms with E-state index in [1.165, 1.54) is 11.8 Å². The SMILES string of the molecule is CS(=O)(=O)[O-].CSc1nc2cc(Oc3cccc(Cl)c3Cl)c(Cl)cc2[nH]1. The van der Waals surface area contributed by atoms with E-state index in [-0.39, 0.29) is 0 Å². The quantitative estimate of drug-likeness (QED) is 0.432. The smallest absolute Gasteiger partial charge is 0.166 e. The number of rotatable bonds is 3. The third kappa shape index (κ3) is 5.94. The molecule has 6 nitrogen and oxygen atoms in total. The molecule has 0 amide bonds. The molecule has 1 N–H and O–H groups in total. The van der Waals surface area contributed by atoms with E-state index in [2.05, 4.69) is 9.97 Å². The zero-order valence-electron chi connectivity index (χ0n) is 13.4. The number of nitrogens with zero attached hydrogens (tertiary/aromatic N) is 1. The summed E-state index contributed by atoms with van der Waals surface area (Å²) in [7, 11) is -3.92. The van der Waals surface area contributed by atoms with Gasteiger partial charge < -0.3 is 14.3 Å². The third-order valence-electron chi connectivity index (χ3n) is 2.84. The Kier molecular flexibility index (Phi) is 7.06. The molecular weight excluding hydrogens is 443 g/mol. The number of fused-ring (bicyclic) bond motifs is 1. The maximum Gasteiger partial charge on any atom is 0.166 e. The minimum atomic E-state index is -3.92. The highest BCUT2D eigenvalue weighted by Gasteiger charge is 2.12. The number of H-pyrrole nitrogens is 1. The first-order valence-corrected chi connectivity index (χ1v) is 11.0. The van der Waals surface area contributed by atoms with Crippen molar-refractivity contribution in [1.29, 1.82) is 0 Å². The average Bonchev–Trinajstić information content (AvgIpc) is 2.92. The van der Waals surface area contributed by atoms with Crippen molar-refractivity contribution in [3.8, 4) is 11.5 Å². The standard InChI is InChI=1S/C14H9Cl3N2OS.CH4O3S/c1-21-14-18-9-5-8(16)12(6-10(9)19-14)20-11-4-2-3-7(15)13(11)17;1-5(2,3)4/h2-6H,1H3,(H,18,19);1H3,(H,2,3,4)/p-1. The van der Waals surface area contributed by atoms with Crippen LogP contribution in [-0.2, 0) is 10.1 Å². The fraction of sp³-hybridized carbons (Fsp3) is 0.133. The van der Waals surface area contributed by atoms with E-state index >= 15 is 0 Å². The molecular formula is C15H12Cl3N2O4S2-. The van der Waals surface area contributed by atoms with E-state index in [0.717, 1.165) is 16.2 Å². The number of thioether (sulfide) groups is 1. The van der Waals surface area contributed by atoms with Crippen LogP contribution in [0.3, 0.4) is 0 Å². The summed E-state index contributed by atoms with van der Waals surface area (Å²) in [6, 6.07) is 8.73. The van der Waals surface area contributed by atoms with E-state index in [4.69, 9.17) is 52.5 Å². The number of nitrogens with one attached hydrogen (secondary N) is 1. The van der Waals surface area contributed by atoms with Crippen LogP contribution in [0.5, 0.6) is 11.5 Å². The highest BCUT2D eigenvalue weighted by molar-refractivity contribution is 7.98. The Morgan fingerprint density at radius 2 is 1.81 bits per heavy atom. The van der Waals surface area contributed by atoms with Crippen molar-refractivity contribution in [3.05, 3.63) is 45.4 Å². The van der Waals surface area contributed by atoms with E-state index in [9.17, 15) is 0 Å². The minimum Gasteiger partial charge on any atom is -0.748 e. The molecule has 2 aromatic carbocycles. The van der Waals surface area contributed by atoms with Crippen molar-refractivity contribution in [2.45, 2.75) is 5.16 Å². The summed E-state index contributed by atoms with van der Waals surface area (Å²) >= 11 is 19.9. The van der Waals surface area contributed by atoms with Gasteiger partial charge in [0, 0.05) is 12.3 Å². The highest BCUT2D eigenvalue weighted by Crippen LogP contribution is 2.38. The topological polar surface area (TPSA) is 95.1 Å². The summed E-state index contributed by atoms with van der Waals surface area (Å²) in [5.41, 5.74) is 1.63. The Bertz CT molecular complexity index is 1030. The number of hydrogen-bond donors (Lipinski definition) is 1. The molecule has 0 atom stereocenters. The van der Waals surface area contributed by atoms with Crippen LogP contribution in [-0.4, -0.2) is 35.5 Å². The van der Waals surface area contributed by atoms with Gasteiger partial charge in [-0.1, -0.05) is 52.6 Å². The number of halogens is 3. The van der Waals surface area contributed by atoms with Gasteiger partial charge in [-0.05, 0) is 24.5 Å². The first-order valence-electron chi connectivity index (χ1n) is 6.84. The number of aromatic amines is 1. The second-order valence-electron chi connectivity index (χ2n) is 4.90. The summed E-state index contributed by atoms with van der Waals surface area (Å²) in [6.07, 6.45) is 2.55. The summed E-state index contributed by atoms with van der Waals surface area (Å²) in [4.78, 5) is 7.59. The Balaban J connectivity index is 0.000000431. The van der Waals surface area contributed by atoms with Gasteiger partial charge in [0.15, 0.2) is 5.16 Å².